The molecule has 3 aliphatic rings. The van der Waals surface area contributed by atoms with Gasteiger partial charge in [0.15, 0.2) is 0 Å². The van der Waals surface area contributed by atoms with E-state index in [9.17, 15) is 4.79 Å². The van der Waals surface area contributed by atoms with Gasteiger partial charge in [0.25, 0.3) is 0 Å². The average Bonchev–Trinajstić information content (AvgIpc) is 2.56. The summed E-state index contributed by atoms with van der Waals surface area (Å²) in [5, 5.41) is 1.16. The molecule has 3 aliphatic carbocycles. The van der Waals surface area contributed by atoms with Crippen LogP contribution in [0.3, 0.4) is 0 Å². The summed E-state index contributed by atoms with van der Waals surface area (Å²) in [4.78, 5) is 12.3. The zero-order valence-electron chi connectivity index (χ0n) is 13.5. The van der Waals surface area contributed by atoms with Gasteiger partial charge in [0.05, 0.1) is 5.25 Å². The molecule has 0 spiro atoms. The minimum absolute atomic E-state index is 0.354. The Balaban J connectivity index is 1.66. The Bertz CT molecular complexity index is 310. The van der Waals surface area contributed by atoms with Crippen LogP contribution >= 0.6 is 11.8 Å². The maximum atomic E-state index is 12.3. The van der Waals surface area contributed by atoms with Gasteiger partial charge >= 0.3 is 0 Å². The second-order valence-corrected chi connectivity index (χ2v) is 8.98. The number of Topliss-reactive ketones (excluding diaryl/α,β-unsaturated/α-hetero) is 1. The van der Waals surface area contributed by atoms with Crippen LogP contribution in [0.15, 0.2) is 0 Å². The van der Waals surface area contributed by atoms with Gasteiger partial charge in [0.1, 0.15) is 5.78 Å². The van der Waals surface area contributed by atoms with Crippen molar-refractivity contribution in [3.05, 3.63) is 0 Å². The summed E-state index contributed by atoms with van der Waals surface area (Å²) in [5.41, 5.74) is 0. The number of thioether (sulfide) groups is 1. The van der Waals surface area contributed by atoms with Crippen LogP contribution in [0.5, 0.6) is 0 Å². The van der Waals surface area contributed by atoms with Gasteiger partial charge < -0.3 is 0 Å². The molecule has 3 fully saturated rings. The van der Waals surface area contributed by atoms with E-state index < -0.39 is 0 Å². The van der Waals surface area contributed by atoms with Crippen LogP contribution in [-0.2, 0) is 4.79 Å². The predicted octanol–water partition coefficient (Wildman–Crippen LogP) is 5.76. The Morgan fingerprint density at radius 3 is 1.76 bits per heavy atom. The molecule has 0 heterocycles. The maximum Gasteiger partial charge on any atom is 0.145 e. The molecule has 2 heteroatoms. The average molecular weight is 309 g/mol. The van der Waals surface area contributed by atoms with Crippen molar-refractivity contribution >= 4 is 17.5 Å². The largest absolute Gasteiger partial charge is 0.298 e. The molecule has 1 nitrogen and oxygen atoms in total. The number of hydrogen-bond acceptors (Lipinski definition) is 2. The van der Waals surface area contributed by atoms with Crippen LogP contribution in [0.4, 0.5) is 0 Å². The van der Waals surface area contributed by atoms with Crippen molar-refractivity contribution < 1.29 is 4.79 Å². The first kappa shape index (κ1) is 15.9. The van der Waals surface area contributed by atoms with Gasteiger partial charge in [-0.1, -0.05) is 44.9 Å². The van der Waals surface area contributed by atoms with Crippen molar-refractivity contribution in [2.75, 3.05) is 0 Å². The SMILES string of the molecule is O=C1CCCCC1SC(C1CCCCC1)C1CCCCC1. The highest BCUT2D eigenvalue weighted by molar-refractivity contribution is 8.01. The molecule has 3 saturated carbocycles. The Labute approximate surface area is 135 Å². The Morgan fingerprint density at radius 1 is 0.714 bits per heavy atom. The lowest BCUT2D eigenvalue weighted by atomic mass is 9.77. The van der Waals surface area contributed by atoms with Gasteiger partial charge in [-0.05, 0) is 50.4 Å². The van der Waals surface area contributed by atoms with Gasteiger partial charge in [-0.15, -0.1) is 11.8 Å². The fourth-order valence-electron chi connectivity index (χ4n) is 4.82. The van der Waals surface area contributed by atoms with E-state index in [0.717, 1.165) is 29.9 Å². The van der Waals surface area contributed by atoms with Gasteiger partial charge in [0.2, 0.25) is 0 Å². The molecule has 1 unspecified atom stereocenters. The van der Waals surface area contributed by atoms with E-state index in [1.807, 2.05) is 0 Å². The standard InChI is InChI=1S/C19H32OS/c20-17-13-7-8-14-18(17)21-19(15-9-3-1-4-10-15)16-11-5-2-6-12-16/h15-16,18-19H,1-14H2. The monoisotopic (exact) mass is 308 g/mol. The van der Waals surface area contributed by atoms with Crippen molar-refractivity contribution in [3.8, 4) is 0 Å². The molecule has 0 saturated heterocycles. The lowest BCUT2D eigenvalue weighted by molar-refractivity contribution is -0.119. The van der Waals surface area contributed by atoms with Gasteiger partial charge in [-0.3, -0.25) is 4.79 Å². The molecule has 0 radical (unpaired) electrons. The normalized spacial score (nSPS) is 30.0. The van der Waals surface area contributed by atoms with E-state index in [1.54, 1.807) is 0 Å². The first-order valence-electron chi connectivity index (χ1n) is 9.53. The third kappa shape index (κ3) is 4.27. The topological polar surface area (TPSA) is 17.1 Å². The third-order valence-corrected chi connectivity index (χ3v) is 7.96. The van der Waals surface area contributed by atoms with Crippen molar-refractivity contribution in [1.29, 1.82) is 0 Å². The number of carbonyl (C=O) groups excluding carboxylic acids is 1. The summed E-state index contributed by atoms with van der Waals surface area (Å²) < 4.78 is 0. The highest BCUT2D eigenvalue weighted by Crippen LogP contribution is 2.44. The van der Waals surface area contributed by atoms with E-state index >= 15 is 0 Å². The second kappa shape index (κ2) is 8.04. The quantitative estimate of drug-likeness (QED) is 0.656. The fraction of sp³-hybridized carbons (Fsp3) is 0.947. The zero-order valence-corrected chi connectivity index (χ0v) is 14.3. The number of rotatable bonds is 4. The number of hydrogen-bond donors (Lipinski definition) is 0. The Hall–Kier alpha value is 0.0200. The van der Waals surface area contributed by atoms with E-state index in [4.69, 9.17) is 0 Å². The fourth-order valence-corrected chi connectivity index (χ4v) is 6.76. The van der Waals surface area contributed by atoms with Gasteiger partial charge in [-0.25, -0.2) is 0 Å². The number of carbonyl (C=O) groups is 1. The Kier molecular flexibility index (Phi) is 6.08. The lowest BCUT2D eigenvalue weighted by Crippen LogP contribution is -2.34. The summed E-state index contributed by atoms with van der Waals surface area (Å²) in [5.74, 6) is 2.41. The first-order chi connectivity index (χ1) is 10.3. The van der Waals surface area contributed by atoms with Crippen molar-refractivity contribution in [2.24, 2.45) is 11.8 Å². The molecule has 0 aromatic carbocycles. The lowest BCUT2D eigenvalue weighted by Gasteiger charge is -2.39. The molecule has 120 valence electrons. The maximum absolute atomic E-state index is 12.3. The minimum Gasteiger partial charge on any atom is -0.298 e. The molecule has 1 atom stereocenters. The first-order valence-corrected chi connectivity index (χ1v) is 10.5. The molecule has 0 aliphatic heterocycles. The van der Waals surface area contributed by atoms with E-state index in [0.29, 0.717) is 11.0 Å². The van der Waals surface area contributed by atoms with Gasteiger partial charge in [-0.2, -0.15) is 0 Å². The predicted molar refractivity (Wildman–Crippen MR) is 91.8 cm³/mol. The van der Waals surface area contributed by atoms with Crippen molar-refractivity contribution in [2.45, 2.75) is 100 Å². The molecule has 0 bridgehead atoms. The number of ketones is 1. The summed E-state index contributed by atoms with van der Waals surface area (Å²) in [6.45, 7) is 0. The van der Waals surface area contributed by atoms with Crippen LogP contribution < -0.4 is 0 Å². The van der Waals surface area contributed by atoms with Crippen LogP contribution in [0.1, 0.15) is 89.9 Å². The highest BCUT2D eigenvalue weighted by Gasteiger charge is 2.35. The molecule has 0 aromatic heterocycles. The molecule has 0 N–H and O–H groups in total. The van der Waals surface area contributed by atoms with E-state index in [2.05, 4.69) is 11.8 Å². The van der Waals surface area contributed by atoms with Crippen LogP contribution in [0, 0.1) is 11.8 Å². The van der Waals surface area contributed by atoms with Crippen molar-refractivity contribution in [3.63, 3.8) is 0 Å². The molecule has 0 aromatic rings. The molecule has 21 heavy (non-hydrogen) atoms. The van der Waals surface area contributed by atoms with Crippen LogP contribution in [0.2, 0.25) is 0 Å². The minimum atomic E-state index is 0.354. The third-order valence-electron chi connectivity index (χ3n) is 6.05. The van der Waals surface area contributed by atoms with E-state index in [1.165, 1.54) is 77.0 Å². The van der Waals surface area contributed by atoms with Gasteiger partial charge in [0, 0.05) is 11.7 Å². The zero-order chi connectivity index (χ0) is 14.5. The summed E-state index contributed by atoms with van der Waals surface area (Å²) >= 11 is 2.14. The molecule has 3 rings (SSSR count). The summed E-state index contributed by atoms with van der Waals surface area (Å²) in [6, 6.07) is 0. The van der Waals surface area contributed by atoms with Crippen LogP contribution in [-0.4, -0.2) is 16.3 Å². The smallest absolute Gasteiger partial charge is 0.145 e. The molecular weight excluding hydrogens is 276 g/mol. The summed E-state index contributed by atoms with van der Waals surface area (Å²) in [7, 11) is 0. The Morgan fingerprint density at radius 2 is 1.24 bits per heavy atom. The second-order valence-electron chi connectivity index (χ2n) is 7.60. The molecule has 0 amide bonds. The summed E-state index contributed by atoms with van der Waals surface area (Å²) in [6.07, 6.45) is 18.9. The van der Waals surface area contributed by atoms with E-state index in [-0.39, 0.29) is 0 Å². The molecular formula is C19H32OS. The van der Waals surface area contributed by atoms with Crippen molar-refractivity contribution in [1.82, 2.24) is 0 Å². The van der Waals surface area contributed by atoms with Crippen LogP contribution in [0.25, 0.3) is 0 Å². The highest BCUT2D eigenvalue weighted by atomic mass is 32.2.